The van der Waals surface area contributed by atoms with Crippen LogP contribution >= 0.6 is 0 Å². The molecule has 4 aliphatic rings. The van der Waals surface area contributed by atoms with Crippen LogP contribution in [0.25, 0.3) is 0 Å². The van der Waals surface area contributed by atoms with Gasteiger partial charge < -0.3 is 44.3 Å². The van der Waals surface area contributed by atoms with E-state index in [9.17, 15) is 44.4 Å². The minimum absolute atomic E-state index is 0.0171. The fourth-order valence-corrected chi connectivity index (χ4v) is 10.2. The van der Waals surface area contributed by atoms with Crippen LogP contribution in [0, 0.1) is 41.4 Å². The van der Waals surface area contributed by atoms with Gasteiger partial charge in [-0.2, -0.15) is 0 Å². The van der Waals surface area contributed by atoms with Gasteiger partial charge in [0.25, 0.3) is 11.7 Å². The summed E-state index contributed by atoms with van der Waals surface area (Å²) < 4.78 is 23.8. The van der Waals surface area contributed by atoms with Crippen LogP contribution in [0.5, 0.6) is 0 Å². The summed E-state index contributed by atoms with van der Waals surface area (Å²) in [6.45, 7) is 12.5. The first-order chi connectivity index (χ1) is 30.7. The SMILES string of the molecule is CO[C@H]1C[C@@H]2CC[C@@H](C)[C@@](O)(O2)C(=O)C(=O)N2CCCC[C@H]2C(=O)O[C@H]([C@H](C)CC2CC[C@@H](O)[C@H](CO)C2)CC(=O)C(C)=CC(C)[C@@H](O)[C@@H](OC)C(=O)[C@H](C)C[C@H](C)C=CC=CC=C1C. The lowest BCUT2D eigenvalue weighted by molar-refractivity contribution is -0.265. The second kappa shape index (κ2) is 25.1. The molecule has 14 heteroatoms. The van der Waals surface area contributed by atoms with Crippen molar-refractivity contribution in [3.8, 4) is 0 Å². The first kappa shape index (κ1) is 54.2. The number of rotatable bonds is 6. The Labute approximate surface area is 386 Å². The predicted molar refractivity (Wildman–Crippen MR) is 245 cm³/mol. The summed E-state index contributed by atoms with van der Waals surface area (Å²) in [7, 11) is 2.95. The van der Waals surface area contributed by atoms with Gasteiger partial charge in [0.05, 0.1) is 24.4 Å². The number of Topliss-reactive ketones (excluding diaryl/α,β-unsaturated/α-hetero) is 3. The molecule has 3 aliphatic heterocycles. The number of amides is 1. The van der Waals surface area contributed by atoms with Gasteiger partial charge in [0.15, 0.2) is 11.6 Å². The molecule has 3 fully saturated rings. The van der Waals surface area contributed by atoms with Gasteiger partial charge in [-0.05, 0) is 107 Å². The summed E-state index contributed by atoms with van der Waals surface area (Å²) >= 11 is 0. The highest BCUT2D eigenvalue weighted by atomic mass is 16.6. The van der Waals surface area contributed by atoms with E-state index in [1.165, 1.54) is 12.0 Å². The molecular formula is C51H79NO13. The number of carbonyl (C=O) groups is 5. The Morgan fingerprint density at radius 2 is 1.62 bits per heavy atom. The fourth-order valence-electron chi connectivity index (χ4n) is 10.2. The molecule has 3 heterocycles. The zero-order valence-corrected chi connectivity index (χ0v) is 40.4. The molecule has 65 heavy (non-hydrogen) atoms. The Morgan fingerprint density at radius 1 is 0.892 bits per heavy atom. The lowest BCUT2D eigenvalue weighted by Gasteiger charge is -2.42. The highest BCUT2D eigenvalue weighted by Crippen LogP contribution is 2.38. The number of allylic oxidation sites excluding steroid dienone is 6. The summed E-state index contributed by atoms with van der Waals surface area (Å²) in [5, 5.41) is 43.7. The second-order valence-electron chi connectivity index (χ2n) is 19.8. The third kappa shape index (κ3) is 14.3. The minimum Gasteiger partial charge on any atom is -0.460 e. The van der Waals surface area contributed by atoms with Crippen LogP contribution in [0.2, 0.25) is 0 Å². The normalized spacial score (nSPS) is 37.8. The lowest BCUT2D eigenvalue weighted by atomic mass is 9.75. The van der Waals surface area contributed by atoms with Crippen LogP contribution in [0.4, 0.5) is 0 Å². The van der Waals surface area contributed by atoms with Gasteiger partial charge in [0.2, 0.25) is 5.79 Å². The van der Waals surface area contributed by atoms with Gasteiger partial charge in [0, 0.05) is 63.9 Å². The van der Waals surface area contributed by atoms with Crippen molar-refractivity contribution in [3.05, 3.63) is 47.6 Å². The molecule has 4 rings (SSSR count). The lowest BCUT2D eigenvalue weighted by Crippen LogP contribution is -2.61. The number of fused-ring (bicyclic) bond motifs is 3. The number of esters is 1. The molecule has 0 aromatic rings. The fraction of sp³-hybridized carbons (Fsp3) is 0.745. The molecule has 15 atom stereocenters. The van der Waals surface area contributed by atoms with E-state index in [1.807, 2.05) is 58.1 Å². The van der Waals surface area contributed by atoms with Crippen molar-refractivity contribution in [2.24, 2.45) is 41.4 Å². The number of ether oxygens (including phenoxy) is 4. The molecule has 2 bridgehead atoms. The maximum Gasteiger partial charge on any atom is 0.329 e. The van der Waals surface area contributed by atoms with Gasteiger partial charge in [-0.3, -0.25) is 19.2 Å². The number of nitrogens with zero attached hydrogens (tertiary/aromatic N) is 1. The highest BCUT2D eigenvalue weighted by molar-refractivity contribution is 6.39. The number of aliphatic hydroxyl groups is 4. The van der Waals surface area contributed by atoms with E-state index in [0.29, 0.717) is 69.8 Å². The van der Waals surface area contributed by atoms with Gasteiger partial charge in [-0.1, -0.05) is 71.1 Å². The molecule has 2 saturated heterocycles. The van der Waals surface area contributed by atoms with E-state index in [1.54, 1.807) is 34.0 Å². The van der Waals surface area contributed by atoms with E-state index in [0.717, 1.165) is 5.57 Å². The van der Waals surface area contributed by atoms with Crippen molar-refractivity contribution in [2.75, 3.05) is 27.4 Å². The molecule has 0 spiro atoms. The molecule has 1 amide bonds. The number of ketones is 3. The summed E-state index contributed by atoms with van der Waals surface area (Å²) in [6, 6.07) is -1.16. The van der Waals surface area contributed by atoms with Crippen molar-refractivity contribution < 1.29 is 63.3 Å². The largest absolute Gasteiger partial charge is 0.460 e. The van der Waals surface area contributed by atoms with Gasteiger partial charge in [0.1, 0.15) is 18.2 Å². The van der Waals surface area contributed by atoms with E-state index in [2.05, 4.69) is 0 Å². The number of methoxy groups -OCH3 is 2. The predicted octanol–water partition coefficient (Wildman–Crippen LogP) is 5.77. The third-order valence-electron chi connectivity index (χ3n) is 14.6. The van der Waals surface area contributed by atoms with Gasteiger partial charge in [-0.15, -0.1) is 0 Å². The van der Waals surface area contributed by atoms with E-state index in [-0.39, 0.29) is 61.2 Å². The first-order valence-electron chi connectivity index (χ1n) is 24.0. The molecule has 1 saturated carbocycles. The number of carbonyl (C=O) groups excluding carboxylic acids is 5. The zero-order chi connectivity index (χ0) is 48.2. The van der Waals surface area contributed by atoms with Crippen molar-refractivity contribution in [2.45, 2.75) is 174 Å². The first-order valence-corrected chi connectivity index (χ1v) is 24.0. The zero-order valence-electron chi connectivity index (χ0n) is 40.4. The molecule has 1 aliphatic carbocycles. The number of hydrogen-bond acceptors (Lipinski definition) is 13. The molecule has 0 aromatic heterocycles. The summed E-state index contributed by atoms with van der Waals surface area (Å²) in [6.07, 6.45) is 11.3. The Morgan fingerprint density at radius 3 is 2.29 bits per heavy atom. The minimum atomic E-state index is -2.44. The van der Waals surface area contributed by atoms with Crippen LogP contribution < -0.4 is 0 Å². The smallest absolute Gasteiger partial charge is 0.329 e. The van der Waals surface area contributed by atoms with Gasteiger partial charge >= 0.3 is 5.97 Å². The molecule has 366 valence electrons. The van der Waals surface area contributed by atoms with Crippen LogP contribution in [0.1, 0.15) is 126 Å². The van der Waals surface area contributed by atoms with Crippen LogP contribution in [0.3, 0.4) is 0 Å². The molecule has 0 radical (unpaired) electrons. The monoisotopic (exact) mass is 914 g/mol. The third-order valence-corrected chi connectivity index (χ3v) is 14.6. The topological polar surface area (TPSA) is 206 Å². The molecule has 2 unspecified atom stereocenters. The van der Waals surface area contributed by atoms with Crippen molar-refractivity contribution in [1.29, 1.82) is 0 Å². The number of hydrogen-bond donors (Lipinski definition) is 4. The van der Waals surface area contributed by atoms with Gasteiger partial charge in [-0.25, -0.2) is 4.79 Å². The average molecular weight is 914 g/mol. The summed E-state index contributed by atoms with van der Waals surface area (Å²) in [5.74, 6) is -8.37. The average Bonchev–Trinajstić information content (AvgIpc) is 3.28. The van der Waals surface area contributed by atoms with E-state index >= 15 is 0 Å². The highest BCUT2D eigenvalue weighted by Gasteiger charge is 2.53. The van der Waals surface area contributed by atoms with E-state index < -0.39 is 83.9 Å². The maximum absolute atomic E-state index is 14.3. The molecule has 4 N–H and O–H groups in total. The van der Waals surface area contributed by atoms with Crippen LogP contribution in [-0.2, 0) is 42.9 Å². The molecule has 0 aromatic carbocycles. The number of aliphatic hydroxyl groups excluding tert-OH is 3. The Bertz CT molecular complexity index is 1760. The van der Waals surface area contributed by atoms with Crippen molar-refractivity contribution >= 4 is 29.2 Å². The molecular weight excluding hydrogens is 835 g/mol. The Hall–Kier alpha value is -3.37. The maximum atomic E-state index is 14.3. The van der Waals surface area contributed by atoms with Crippen LogP contribution in [0.15, 0.2) is 47.6 Å². The number of piperidine rings is 1. The second-order valence-corrected chi connectivity index (χ2v) is 19.8. The van der Waals surface area contributed by atoms with E-state index in [4.69, 9.17) is 18.9 Å². The Kier molecular flexibility index (Phi) is 21.0. The Balaban J connectivity index is 1.70. The summed E-state index contributed by atoms with van der Waals surface area (Å²) in [5.41, 5.74) is 1.17. The standard InChI is InChI=1S/C51H79NO13/c1-30-15-11-10-12-16-31(2)43(62-8)27-39-20-18-36(7)51(61,65-39)48(58)49(59)52-22-14-13-17-40(52)50(60)64-44(33(4)25-37-19-21-41(54)38(26-37)29-53)28-42(55)32(3)24-35(6)46(57)47(63-9)45(56)34(5)23-30/h10-12,15-16,24,30,33-41,43-44,46-47,53-54,57,61H,13-14,17-23,25-29H2,1-9H3/t30-,33-,34-,35?,36-,37?,38+,39+,40+,41-,43+,44+,46-,47+,51-/m1/s1. The summed E-state index contributed by atoms with van der Waals surface area (Å²) in [4.78, 5) is 71.7. The molecule has 14 nitrogen and oxygen atoms in total. The van der Waals surface area contributed by atoms with Crippen LogP contribution in [-0.4, -0.2) is 130 Å². The number of cyclic esters (lactones) is 1. The quantitative estimate of drug-likeness (QED) is 0.185. The van der Waals surface area contributed by atoms with Crippen molar-refractivity contribution in [1.82, 2.24) is 4.90 Å². The van der Waals surface area contributed by atoms with Crippen molar-refractivity contribution in [3.63, 3.8) is 0 Å².